The minimum atomic E-state index is -0.503. The first-order valence-electron chi connectivity index (χ1n) is 8.25. The van der Waals surface area contributed by atoms with E-state index in [0.717, 1.165) is 17.0 Å². The minimum absolute atomic E-state index is 0.155. The average molecular weight is 325 g/mol. The summed E-state index contributed by atoms with van der Waals surface area (Å²) in [7, 11) is 1.65. The third-order valence-electron chi connectivity index (χ3n) is 4.76. The van der Waals surface area contributed by atoms with E-state index in [4.69, 9.17) is 9.47 Å². The Bertz CT molecular complexity index is 726. The summed E-state index contributed by atoms with van der Waals surface area (Å²) in [6, 6.07) is 16.0. The molecule has 0 amide bonds. The summed E-state index contributed by atoms with van der Waals surface area (Å²) < 4.78 is 10.5. The summed E-state index contributed by atoms with van der Waals surface area (Å²) >= 11 is 0. The number of benzene rings is 2. The van der Waals surface area contributed by atoms with Gasteiger partial charge in [0, 0.05) is 5.69 Å². The van der Waals surface area contributed by atoms with Gasteiger partial charge in [0.25, 0.3) is 0 Å². The molecule has 0 saturated heterocycles. The number of fused-ring (bicyclic) bond motifs is 1. The van der Waals surface area contributed by atoms with Crippen LogP contribution in [0.25, 0.3) is 0 Å². The zero-order valence-electron chi connectivity index (χ0n) is 14.3. The van der Waals surface area contributed by atoms with Crippen molar-refractivity contribution in [1.29, 1.82) is 0 Å². The third-order valence-corrected chi connectivity index (χ3v) is 4.76. The molecule has 24 heavy (non-hydrogen) atoms. The maximum Gasteiger partial charge on any atom is 0.311 e. The fraction of sp³-hybridized carbons (Fsp3) is 0.350. The van der Waals surface area contributed by atoms with Crippen molar-refractivity contribution in [2.75, 3.05) is 19.0 Å². The second-order valence-electron chi connectivity index (χ2n) is 6.22. The Kier molecular flexibility index (Phi) is 4.47. The second-order valence-corrected chi connectivity index (χ2v) is 6.22. The van der Waals surface area contributed by atoms with Crippen molar-refractivity contribution in [2.45, 2.75) is 25.8 Å². The molecule has 0 unspecified atom stereocenters. The summed E-state index contributed by atoms with van der Waals surface area (Å²) in [4.78, 5) is 12.5. The van der Waals surface area contributed by atoms with Gasteiger partial charge in [0.05, 0.1) is 25.2 Å². The first kappa shape index (κ1) is 16.4. The number of carbonyl (C=O) groups is 1. The van der Waals surface area contributed by atoms with Crippen LogP contribution >= 0.6 is 0 Å². The number of nitrogens with one attached hydrogen (secondary N) is 1. The number of hydrogen-bond acceptors (Lipinski definition) is 4. The van der Waals surface area contributed by atoms with Crippen LogP contribution in [0.1, 0.15) is 25.0 Å². The lowest BCUT2D eigenvalue weighted by Crippen LogP contribution is -2.41. The Morgan fingerprint density at radius 1 is 1.21 bits per heavy atom. The SMILES string of the molecule is CCOC(=O)[C@@H]1Cc2ccccc2[C@]1(C)Nc1ccc(OC)cc1. The van der Waals surface area contributed by atoms with Crippen LogP contribution in [0.4, 0.5) is 5.69 Å². The monoisotopic (exact) mass is 325 g/mol. The van der Waals surface area contributed by atoms with E-state index in [0.29, 0.717) is 13.0 Å². The number of ether oxygens (including phenoxy) is 2. The van der Waals surface area contributed by atoms with Crippen LogP contribution in [-0.2, 0) is 21.5 Å². The highest BCUT2D eigenvalue weighted by atomic mass is 16.5. The van der Waals surface area contributed by atoms with E-state index < -0.39 is 5.54 Å². The van der Waals surface area contributed by atoms with Crippen molar-refractivity contribution in [1.82, 2.24) is 0 Å². The standard InChI is InChI=1S/C20H23NO3/c1-4-24-19(22)18-13-14-7-5-6-8-17(14)20(18,2)21-15-9-11-16(23-3)12-10-15/h5-12,18,21H,4,13H2,1-3H3/t18-,20-/m0/s1. The Labute approximate surface area is 142 Å². The smallest absolute Gasteiger partial charge is 0.311 e. The van der Waals surface area contributed by atoms with Crippen molar-refractivity contribution in [3.05, 3.63) is 59.7 Å². The summed E-state index contributed by atoms with van der Waals surface area (Å²) in [5.74, 6) is 0.397. The van der Waals surface area contributed by atoms with Gasteiger partial charge in [-0.15, -0.1) is 0 Å². The largest absolute Gasteiger partial charge is 0.497 e. The molecule has 1 aliphatic rings. The molecule has 1 aliphatic carbocycles. The molecule has 2 aromatic rings. The van der Waals surface area contributed by atoms with Crippen LogP contribution in [0.15, 0.2) is 48.5 Å². The van der Waals surface area contributed by atoms with Gasteiger partial charge in [0.2, 0.25) is 0 Å². The van der Waals surface area contributed by atoms with Crippen LogP contribution < -0.4 is 10.1 Å². The number of anilines is 1. The van der Waals surface area contributed by atoms with Crippen molar-refractivity contribution >= 4 is 11.7 Å². The Morgan fingerprint density at radius 3 is 2.58 bits per heavy atom. The van der Waals surface area contributed by atoms with E-state index in [1.807, 2.05) is 43.3 Å². The zero-order chi connectivity index (χ0) is 17.2. The quantitative estimate of drug-likeness (QED) is 0.850. The Morgan fingerprint density at radius 2 is 1.92 bits per heavy atom. The molecule has 0 fully saturated rings. The van der Waals surface area contributed by atoms with Gasteiger partial charge < -0.3 is 14.8 Å². The molecule has 126 valence electrons. The summed E-state index contributed by atoms with van der Waals surface area (Å²) in [6.07, 6.45) is 0.689. The van der Waals surface area contributed by atoms with Crippen LogP contribution in [-0.4, -0.2) is 19.7 Å². The fourth-order valence-electron chi connectivity index (χ4n) is 3.51. The van der Waals surface area contributed by atoms with E-state index in [1.54, 1.807) is 7.11 Å². The minimum Gasteiger partial charge on any atom is -0.497 e. The van der Waals surface area contributed by atoms with E-state index in [-0.39, 0.29) is 11.9 Å². The molecule has 2 aromatic carbocycles. The van der Waals surface area contributed by atoms with Crippen LogP contribution in [0, 0.1) is 5.92 Å². The molecular weight excluding hydrogens is 302 g/mol. The molecule has 0 spiro atoms. The molecule has 0 radical (unpaired) electrons. The van der Waals surface area contributed by atoms with Gasteiger partial charge in [-0.3, -0.25) is 4.79 Å². The highest BCUT2D eigenvalue weighted by Gasteiger charge is 2.47. The highest BCUT2D eigenvalue weighted by Crippen LogP contribution is 2.44. The number of rotatable bonds is 5. The maximum atomic E-state index is 12.5. The van der Waals surface area contributed by atoms with Crippen molar-refractivity contribution in [3.63, 3.8) is 0 Å². The first-order chi connectivity index (χ1) is 11.6. The molecule has 0 heterocycles. The average Bonchev–Trinajstić information content (AvgIpc) is 2.89. The molecular formula is C20H23NO3. The molecule has 0 bridgehead atoms. The molecule has 3 rings (SSSR count). The van der Waals surface area contributed by atoms with Gasteiger partial charge >= 0.3 is 5.97 Å². The fourth-order valence-corrected chi connectivity index (χ4v) is 3.51. The summed E-state index contributed by atoms with van der Waals surface area (Å²) in [5.41, 5.74) is 2.79. The molecule has 4 nitrogen and oxygen atoms in total. The molecule has 1 N–H and O–H groups in total. The Balaban J connectivity index is 1.96. The molecule has 0 aromatic heterocycles. The van der Waals surface area contributed by atoms with Crippen LogP contribution in [0.3, 0.4) is 0 Å². The van der Waals surface area contributed by atoms with Crippen molar-refractivity contribution in [3.8, 4) is 5.75 Å². The second kappa shape index (κ2) is 6.56. The van der Waals surface area contributed by atoms with Gasteiger partial charge in [-0.25, -0.2) is 0 Å². The number of carbonyl (C=O) groups excluding carboxylic acids is 1. The van der Waals surface area contributed by atoms with E-state index >= 15 is 0 Å². The van der Waals surface area contributed by atoms with Crippen molar-refractivity contribution < 1.29 is 14.3 Å². The van der Waals surface area contributed by atoms with Gasteiger partial charge in [0.1, 0.15) is 5.75 Å². The maximum absolute atomic E-state index is 12.5. The predicted molar refractivity (Wildman–Crippen MR) is 94.2 cm³/mol. The number of esters is 1. The van der Waals surface area contributed by atoms with Gasteiger partial charge in [0.15, 0.2) is 0 Å². The topological polar surface area (TPSA) is 47.6 Å². The van der Waals surface area contributed by atoms with E-state index in [9.17, 15) is 4.79 Å². The Hall–Kier alpha value is -2.49. The summed E-state index contributed by atoms with van der Waals surface area (Å²) in [6.45, 7) is 4.31. The van der Waals surface area contributed by atoms with Crippen LogP contribution in [0.5, 0.6) is 5.75 Å². The normalized spacial score (nSPS) is 21.9. The third kappa shape index (κ3) is 2.84. The van der Waals surface area contributed by atoms with E-state index in [1.165, 1.54) is 5.56 Å². The molecule has 2 atom stereocenters. The van der Waals surface area contributed by atoms with Crippen molar-refractivity contribution in [2.24, 2.45) is 5.92 Å². The molecule has 4 heteroatoms. The molecule has 0 aliphatic heterocycles. The van der Waals surface area contributed by atoms with Crippen LogP contribution in [0.2, 0.25) is 0 Å². The summed E-state index contributed by atoms with van der Waals surface area (Å²) in [5, 5.41) is 3.56. The van der Waals surface area contributed by atoms with Gasteiger partial charge in [-0.2, -0.15) is 0 Å². The van der Waals surface area contributed by atoms with E-state index in [2.05, 4.69) is 24.4 Å². The zero-order valence-corrected chi connectivity index (χ0v) is 14.3. The number of methoxy groups -OCH3 is 1. The lowest BCUT2D eigenvalue weighted by atomic mass is 9.85. The van der Waals surface area contributed by atoms with Gasteiger partial charge in [-0.05, 0) is 55.7 Å². The predicted octanol–water partition coefficient (Wildman–Crippen LogP) is 3.76. The molecule has 0 saturated carbocycles. The lowest BCUT2D eigenvalue weighted by Gasteiger charge is -2.33. The number of hydrogen-bond donors (Lipinski definition) is 1. The highest BCUT2D eigenvalue weighted by molar-refractivity contribution is 5.78. The van der Waals surface area contributed by atoms with Gasteiger partial charge in [-0.1, -0.05) is 24.3 Å². The first-order valence-corrected chi connectivity index (χ1v) is 8.25. The lowest BCUT2D eigenvalue weighted by molar-refractivity contribution is -0.149.